The summed E-state index contributed by atoms with van der Waals surface area (Å²) in [5.41, 5.74) is 1.66. The highest BCUT2D eigenvalue weighted by Gasteiger charge is 2.37. The van der Waals surface area contributed by atoms with Gasteiger partial charge in [0, 0.05) is 25.8 Å². The summed E-state index contributed by atoms with van der Waals surface area (Å²) in [5.74, 6) is 0.268. The molecule has 3 rings (SSSR count). The third-order valence-corrected chi connectivity index (χ3v) is 5.48. The predicted molar refractivity (Wildman–Crippen MR) is 84.9 cm³/mol. The molecule has 0 aromatic rings. The van der Waals surface area contributed by atoms with Crippen LogP contribution < -0.4 is 5.32 Å². The molecule has 0 aromatic heterocycles. The molecule has 1 aliphatic carbocycles. The van der Waals surface area contributed by atoms with E-state index >= 15 is 0 Å². The first-order valence-corrected chi connectivity index (χ1v) is 8.57. The number of carbonyl (C=O) groups excluding carboxylic acids is 1. The third kappa shape index (κ3) is 3.49. The van der Waals surface area contributed by atoms with Crippen LogP contribution in [-0.2, 0) is 4.79 Å². The summed E-state index contributed by atoms with van der Waals surface area (Å²) in [6, 6.07) is 0. The average Bonchev–Trinajstić information content (AvgIpc) is 3.01. The van der Waals surface area contributed by atoms with E-state index in [0.717, 1.165) is 39.0 Å². The lowest BCUT2D eigenvalue weighted by Crippen LogP contribution is -2.52. The SMILES string of the molecule is CN(C(=O)CN1CCCC2(CCCNC2)C1)C1=CCCC1. The molecule has 21 heavy (non-hydrogen) atoms. The monoisotopic (exact) mass is 291 g/mol. The second kappa shape index (κ2) is 6.49. The number of nitrogens with one attached hydrogen (secondary N) is 1. The highest BCUT2D eigenvalue weighted by atomic mass is 16.2. The Morgan fingerprint density at radius 1 is 1.38 bits per heavy atom. The van der Waals surface area contributed by atoms with Crippen molar-refractivity contribution in [3.8, 4) is 0 Å². The van der Waals surface area contributed by atoms with Crippen molar-refractivity contribution < 1.29 is 4.79 Å². The number of carbonyl (C=O) groups is 1. The van der Waals surface area contributed by atoms with Crippen molar-refractivity contribution in [2.24, 2.45) is 5.41 Å². The maximum Gasteiger partial charge on any atom is 0.240 e. The second-order valence-corrected chi connectivity index (χ2v) is 7.13. The van der Waals surface area contributed by atoms with E-state index in [1.165, 1.54) is 37.8 Å². The first-order valence-electron chi connectivity index (χ1n) is 8.57. The lowest BCUT2D eigenvalue weighted by Gasteiger charge is -2.45. The van der Waals surface area contributed by atoms with Crippen LogP contribution in [0.25, 0.3) is 0 Å². The molecule has 1 spiro atoms. The number of allylic oxidation sites excluding steroid dienone is 2. The molecule has 0 aromatic carbocycles. The Labute approximate surface area is 128 Å². The summed E-state index contributed by atoms with van der Waals surface area (Å²) in [6.07, 6.45) is 10.8. The molecule has 0 saturated carbocycles. The number of piperidine rings is 2. The minimum absolute atomic E-state index is 0.268. The van der Waals surface area contributed by atoms with Gasteiger partial charge in [-0.1, -0.05) is 6.08 Å². The van der Waals surface area contributed by atoms with E-state index in [9.17, 15) is 4.79 Å². The van der Waals surface area contributed by atoms with E-state index < -0.39 is 0 Å². The Kier molecular flexibility index (Phi) is 4.65. The van der Waals surface area contributed by atoms with Crippen LogP contribution >= 0.6 is 0 Å². The summed E-state index contributed by atoms with van der Waals surface area (Å²) < 4.78 is 0. The minimum atomic E-state index is 0.268. The number of rotatable bonds is 3. The van der Waals surface area contributed by atoms with Crippen molar-refractivity contribution in [2.45, 2.75) is 44.9 Å². The maximum atomic E-state index is 12.5. The van der Waals surface area contributed by atoms with Crippen LogP contribution in [0.3, 0.4) is 0 Å². The van der Waals surface area contributed by atoms with Gasteiger partial charge in [-0.2, -0.15) is 0 Å². The molecule has 2 heterocycles. The third-order valence-electron chi connectivity index (χ3n) is 5.48. The van der Waals surface area contributed by atoms with Gasteiger partial charge in [0.15, 0.2) is 0 Å². The van der Waals surface area contributed by atoms with Gasteiger partial charge in [0.05, 0.1) is 6.54 Å². The summed E-state index contributed by atoms with van der Waals surface area (Å²) in [5, 5.41) is 3.56. The molecule has 118 valence electrons. The normalized spacial score (nSPS) is 30.4. The molecule has 2 saturated heterocycles. The topological polar surface area (TPSA) is 35.6 Å². The summed E-state index contributed by atoms with van der Waals surface area (Å²) >= 11 is 0. The zero-order chi connectivity index (χ0) is 14.7. The van der Waals surface area contributed by atoms with Gasteiger partial charge < -0.3 is 10.2 Å². The van der Waals surface area contributed by atoms with Crippen LogP contribution in [0.4, 0.5) is 0 Å². The van der Waals surface area contributed by atoms with Gasteiger partial charge >= 0.3 is 0 Å². The van der Waals surface area contributed by atoms with E-state index in [1.54, 1.807) is 0 Å². The van der Waals surface area contributed by atoms with Gasteiger partial charge in [0.2, 0.25) is 5.91 Å². The molecule has 4 nitrogen and oxygen atoms in total. The smallest absolute Gasteiger partial charge is 0.240 e. The van der Waals surface area contributed by atoms with E-state index in [-0.39, 0.29) is 5.91 Å². The number of likely N-dealkylation sites (N-methyl/N-ethyl adjacent to an activating group) is 1. The first kappa shape index (κ1) is 15.0. The quantitative estimate of drug-likeness (QED) is 0.863. The summed E-state index contributed by atoms with van der Waals surface area (Å²) in [6.45, 7) is 5.07. The molecule has 1 amide bonds. The second-order valence-electron chi connectivity index (χ2n) is 7.13. The Hall–Kier alpha value is -0.870. The van der Waals surface area contributed by atoms with Crippen molar-refractivity contribution in [3.63, 3.8) is 0 Å². The van der Waals surface area contributed by atoms with Crippen LogP contribution in [-0.4, -0.2) is 55.5 Å². The van der Waals surface area contributed by atoms with Gasteiger partial charge in [-0.25, -0.2) is 0 Å². The van der Waals surface area contributed by atoms with Crippen LogP contribution in [0, 0.1) is 5.41 Å². The largest absolute Gasteiger partial charge is 0.318 e. The van der Waals surface area contributed by atoms with Gasteiger partial charge in [-0.15, -0.1) is 0 Å². The molecule has 3 aliphatic rings. The number of hydrogen-bond donors (Lipinski definition) is 1. The molecule has 2 aliphatic heterocycles. The Bertz CT molecular complexity index is 407. The summed E-state index contributed by atoms with van der Waals surface area (Å²) in [4.78, 5) is 16.8. The highest BCUT2D eigenvalue weighted by Crippen LogP contribution is 2.35. The first-order chi connectivity index (χ1) is 10.2. The van der Waals surface area contributed by atoms with Crippen LogP contribution in [0.2, 0.25) is 0 Å². The lowest BCUT2D eigenvalue weighted by atomic mass is 9.74. The van der Waals surface area contributed by atoms with Gasteiger partial charge in [-0.3, -0.25) is 9.69 Å². The average molecular weight is 291 g/mol. The Balaban J connectivity index is 1.55. The number of nitrogens with zero attached hydrogens (tertiary/aromatic N) is 2. The van der Waals surface area contributed by atoms with Gasteiger partial charge in [0.1, 0.15) is 0 Å². The molecule has 1 N–H and O–H groups in total. The maximum absolute atomic E-state index is 12.5. The number of likely N-dealkylation sites (tertiary alicyclic amines) is 1. The van der Waals surface area contributed by atoms with Gasteiger partial charge in [-0.05, 0) is 63.5 Å². The minimum Gasteiger partial charge on any atom is -0.318 e. The molecular formula is C17H29N3O. The number of hydrogen-bond acceptors (Lipinski definition) is 3. The fraction of sp³-hybridized carbons (Fsp3) is 0.824. The molecule has 2 fully saturated rings. The highest BCUT2D eigenvalue weighted by molar-refractivity contribution is 5.79. The van der Waals surface area contributed by atoms with E-state index in [2.05, 4.69) is 16.3 Å². The Morgan fingerprint density at radius 2 is 2.24 bits per heavy atom. The van der Waals surface area contributed by atoms with Gasteiger partial charge in [0.25, 0.3) is 0 Å². The van der Waals surface area contributed by atoms with E-state index in [1.807, 2.05) is 11.9 Å². The fourth-order valence-corrected chi connectivity index (χ4v) is 4.24. The van der Waals surface area contributed by atoms with Crippen LogP contribution in [0.1, 0.15) is 44.9 Å². The van der Waals surface area contributed by atoms with E-state index in [4.69, 9.17) is 0 Å². The molecule has 4 heteroatoms. The molecule has 0 bridgehead atoms. The van der Waals surface area contributed by atoms with Crippen molar-refractivity contribution in [2.75, 3.05) is 39.8 Å². The lowest BCUT2D eigenvalue weighted by molar-refractivity contribution is -0.130. The molecule has 1 unspecified atom stereocenters. The molecule has 0 radical (unpaired) electrons. The van der Waals surface area contributed by atoms with Crippen molar-refractivity contribution in [1.82, 2.24) is 15.1 Å². The number of amides is 1. The van der Waals surface area contributed by atoms with E-state index in [0.29, 0.717) is 12.0 Å². The van der Waals surface area contributed by atoms with Crippen molar-refractivity contribution >= 4 is 5.91 Å². The van der Waals surface area contributed by atoms with Crippen molar-refractivity contribution in [3.05, 3.63) is 11.8 Å². The van der Waals surface area contributed by atoms with Crippen LogP contribution in [0.5, 0.6) is 0 Å². The Morgan fingerprint density at radius 3 is 2.95 bits per heavy atom. The zero-order valence-corrected chi connectivity index (χ0v) is 13.4. The van der Waals surface area contributed by atoms with Crippen molar-refractivity contribution in [1.29, 1.82) is 0 Å². The standard InChI is InChI=1S/C17H29N3O/c1-19(15-6-2-3-7-15)16(21)12-20-11-5-9-17(14-20)8-4-10-18-13-17/h6,18H,2-5,7-14H2,1H3. The zero-order valence-electron chi connectivity index (χ0n) is 13.4. The van der Waals surface area contributed by atoms with Crippen LogP contribution in [0.15, 0.2) is 11.8 Å². The molecular weight excluding hydrogens is 262 g/mol. The predicted octanol–water partition coefficient (Wildman–Crippen LogP) is 1.98. The fourth-order valence-electron chi connectivity index (χ4n) is 4.24. The summed E-state index contributed by atoms with van der Waals surface area (Å²) in [7, 11) is 1.95. The molecule has 1 atom stereocenters.